The third kappa shape index (κ3) is 3.39. The number of ether oxygens (including phenoxy) is 1. The topological polar surface area (TPSA) is 108 Å². The molecule has 3 N–H and O–H groups in total. The van der Waals surface area contributed by atoms with Crippen LogP contribution in [0.15, 0.2) is 42.5 Å². The summed E-state index contributed by atoms with van der Waals surface area (Å²) in [6.07, 6.45) is 1.55. The summed E-state index contributed by atoms with van der Waals surface area (Å²) in [5, 5.41) is 17.8. The summed E-state index contributed by atoms with van der Waals surface area (Å²) >= 11 is 0. The van der Waals surface area contributed by atoms with E-state index in [0.717, 1.165) is 17.2 Å². The number of fused-ring (bicyclic) bond motifs is 2. The van der Waals surface area contributed by atoms with E-state index in [-0.39, 0.29) is 30.4 Å². The van der Waals surface area contributed by atoms with Gasteiger partial charge in [0, 0.05) is 12.2 Å². The van der Waals surface area contributed by atoms with Crippen molar-refractivity contribution in [3.8, 4) is 0 Å². The van der Waals surface area contributed by atoms with Crippen LogP contribution in [0.2, 0.25) is 0 Å². The molecule has 3 heterocycles. The fourth-order valence-electron chi connectivity index (χ4n) is 6.10. The molecule has 2 aromatic rings. The average Bonchev–Trinajstić information content (AvgIpc) is 3.49. The summed E-state index contributed by atoms with van der Waals surface area (Å²) in [5.41, 5.74) is -0.447. The summed E-state index contributed by atoms with van der Waals surface area (Å²) < 4.78 is 6.37. The number of aliphatic hydroxyl groups is 1. The van der Waals surface area contributed by atoms with Gasteiger partial charge in [0.1, 0.15) is 11.6 Å². The molecule has 3 fully saturated rings. The number of benzene rings is 2. The van der Waals surface area contributed by atoms with Crippen molar-refractivity contribution >= 4 is 34.2 Å². The molecule has 2 aromatic carbocycles. The maximum absolute atomic E-state index is 13.7. The number of carbonyl (C=O) groups is 3. The maximum atomic E-state index is 13.7. The van der Waals surface area contributed by atoms with Crippen LogP contribution in [0.3, 0.4) is 0 Å². The molecule has 3 saturated heterocycles. The van der Waals surface area contributed by atoms with Crippen LogP contribution in [0.5, 0.6) is 0 Å². The fourth-order valence-corrected chi connectivity index (χ4v) is 6.10. The number of aliphatic hydroxyl groups excluding tert-OH is 1. The molecule has 5 rings (SSSR count). The van der Waals surface area contributed by atoms with Gasteiger partial charge in [-0.3, -0.25) is 14.4 Å². The number of carbonyl (C=O) groups excluding carboxylic acids is 3. The van der Waals surface area contributed by atoms with E-state index in [0.29, 0.717) is 25.1 Å². The average molecular weight is 466 g/mol. The van der Waals surface area contributed by atoms with Crippen molar-refractivity contribution in [1.82, 2.24) is 10.2 Å². The highest BCUT2D eigenvalue weighted by molar-refractivity contribution is 6.04. The van der Waals surface area contributed by atoms with Gasteiger partial charge >= 0.3 is 0 Å². The molecule has 8 nitrogen and oxygen atoms in total. The van der Waals surface area contributed by atoms with Gasteiger partial charge in [0.15, 0.2) is 0 Å². The molecule has 8 heteroatoms. The van der Waals surface area contributed by atoms with Crippen molar-refractivity contribution in [1.29, 1.82) is 0 Å². The van der Waals surface area contributed by atoms with Gasteiger partial charge in [-0.15, -0.1) is 0 Å². The monoisotopic (exact) mass is 465 g/mol. The molecule has 34 heavy (non-hydrogen) atoms. The van der Waals surface area contributed by atoms with Crippen LogP contribution in [0.4, 0.5) is 5.69 Å². The Morgan fingerprint density at radius 3 is 2.71 bits per heavy atom. The van der Waals surface area contributed by atoms with Crippen molar-refractivity contribution < 1.29 is 24.2 Å². The predicted octanol–water partition coefficient (Wildman–Crippen LogP) is 2.06. The van der Waals surface area contributed by atoms with Crippen LogP contribution in [-0.2, 0) is 19.1 Å². The van der Waals surface area contributed by atoms with Crippen LogP contribution in [-0.4, -0.2) is 64.7 Å². The Bertz CT molecular complexity index is 1140. The molecule has 0 aliphatic carbocycles. The van der Waals surface area contributed by atoms with Gasteiger partial charge in [-0.2, -0.15) is 0 Å². The van der Waals surface area contributed by atoms with Crippen LogP contribution < -0.4 is 10.6 Å². The van der Waals surface area contributed by atoms with Crippen LogP contribution in [0.1, 0.15) is 33.1 Å². The largest absolute Gasteiger partial charge is 0.394 e. The van der Waals surface area contributed by atoms with E-state index < -0.39 is 29.5 Å². The molecule has 6 atom stereocenters. The van der Waals surface area contributed by atoms with Gasteiger partial charge < -0.3 is 25.4 Å². The molecule has 1 spiro atoms. The third-order valence-electron chi connectivity index (χ3n) is 7.59. The summed E-state index contributed by atoms with van der Waals surface area (Å²) in [6, 6.07) is 12.0. The molecule has 3 aliphatic heterocycles. The summed E-state index contributed by atoms with van der Waals surface area (Å²) in [7, 11) is 0. The first-order valence-electron chi connectivity index (χ1n) is 12.1. The Balaban J connectivity index is 1.48. The lowest BCUT2D eigenvalue weighted by atomic mass is 9.70. The van der Waals surface area contributed by atoms with Crippen molar-refractivity contribution in [3.63, 3.8) is 0 Å². The predicted molar refractivity (Wildman–Crippen MR) is 127 cm³/mol. The zero-order valence-corrected chi connectivity index (χ0v) is 19.5. The van der Waals surface area contributed by atoms with E-state index in [1.54, 1.807) is 6.92 Å². The Labute approximate surface area is 198 Å². The van der Waals surface area contributed by atoms with Gasteiger partial charge in [-0.25, -0.2) is 0 Å². The second-order valence-electron chi connectivity index (χ2n) is 9.68. The molecular weight excluding hydrogens is 434 g/mol. The molecule has 180 valence electrons. The molecule has 2 unspecified atom stereocenters. The van der Waals surface area contributed by atoms with Crippen LogP contribution >= 0.6 is 0 Å². The minimum Gasteiger partial charge on any atom is -0.394 e. The normalized spacial score (nSPS) is 30.4. The lowest BCUT2D eigenvalue weighted by molar-refractivity contribution is -0.143. The minimum atomic E-state index is -1.07. The zero-order chi connectivity index (χ0) is 24.0. The number of hydrogen-bond acceptors (Lipinski definition) is 5. The van der Waals surface area contributed by atoms with E-state index in [9.17, 15) is 19.5 Å². The first-order chi connectivity index (χ1) is 16.4. The van der Waals surface area contributed by atoms with Gasteiger partial charge in [0.2, 0.25) is 17.7 Å². The lowest BCUT2D eigenvalue weighted by Crippen LogP contribution is -2.55. The first-order valence-corrected chi connectivity index (χ1v) is 12.1. The highest BCUT2D eigenvalue weighted by Gasteiger charge is 2.74. The quantitative estimate of drug-likeness (QED) is 0.580. The van der Waals surface area contributed by atoms with Gasteiger partial charge in [0.05, 0.1) is 30.6 Å². The molecule has 2 bridgehead atoms. The number of likely N-dealkylation sites (tertiary alicyclic amines) is 1. The van der Waals surface area contributed by atoms with Crippen molar-refractivity contribution in [2.75, 3.05) is 18.5 Å². The summed E-state index contributed by atoms with van der Waals surface area (Å²) in [6.45, 7) is 3.92. The number of rotatable bonds is 7. The van der Waals surface area contributed by atoms with E-state index in [1.807, 2.05) is 49.4 Å². The second-order valence-corrected chi connectivity index (χ2v) is 9.68. The lowest BCUT2D eigenvalue weighted by Gasteiger charge is -2.35. The summed E-state index contributed by atoms with van der Waals surface area (Å²) in [4.78, 5) is 41.9. The zero-order valence-electron chi connectivity index (χ0n) is 19.5. The molecule has 0 saturated carbocycles. The Morgan fingerprint density at radius 1 is 1.21 bits per heavy atom. The SMILES string of the molecule is CCCNC(=O)[C@@H]1[C@H]2C(=O)N([C@H](C)CO)C(C(=O)Nc3ccc4ccccc4c3)C23CC[C@H]1O3. The van der Waals surface area contributed by atoms with E-state index >= 15 is 0 Å². The number of anilines is 1. The first kappa shape index (κ1) is 22.8. The van der Waals surface area contributed by atoms with E-state index in [4.69, 9.17) is 4.74 Å². The standard InChI is InChI=1S/C26H31N3O5/c1-3-12-27-23(31)20-19-10-11-26(34-19)21(20)25(33)29(15(2)14-30)22(26)24(32)28-18-9-8-16-6-4-5-7-17(16)13-18/h4-9,13,15,19-22,30H,3,10-12,14H2,1-2H3,(H,27,31)(H,28,32)/t15-,19-,20+,21+,22?,26?/m1/s1. The number of hydrogen-bond donors (Lipinski definition) is 3. The van der Waals surface area contributed by atoms with Gasteiger partial charge in [0.25, 0.3) is 0 Å². The number of nitrogens with one attached hydrogen (secondary N) is 2. The highest BCUT2D eigenvalue weighted by Crippen LogP contribution is 2.58. The smallest absolute Gasteiger partial charge is 0.250 e. The van der Waals surface area contributed by atoms with E-state index in [2.05, 4.69) is 10.6 Å². The molecule has 3 amide bonds. The highest BCUT2D eigenvalue weighted by atomic mass is 16.5. The third-order valence-corrected chi connectivity index (χ3v) is 7.59. The summed E-state index contributed by atoms with van der Waals surface area (Å²) in [5.74, 6) is -2.20. The fraction of sp³-hybridized carbons (Fsp3) is 0.500. The molecule has 0 aromatic heterocycles. The Morgan fingerprint density at radius 2 is 1.97 bits per heavy atom. The van der Waals surface area contributed by atoms with Gasteiger partial charge in [-0.1, -0.05) is 37.3 Å². The molecule has 0 radical (unpaired) electrons. The number of amides is 3. The Hall–Kier alpha value is -2.97. The molecule has 3 aliphatic rings. The van der Waals surface area contributed by atoms with Crippen LogP contribution in [0, 0.1) is 11.8 Å². The van der Waals surface area contributed by atoms with Crippen molar-refractivity contribution in [2.45, 2.75) is 56.9 Å². The Kier molecular flexibility index (Phi) is 5.81. The van der Waals surface area contributed by atoms with Crippen LogP contribution in [0.25, 0.3) is 10.8 Å². The van der Waals surface area contributed by atoms with Crippen molar-refractivity contribution in [3.05, 3.63) is 42.5 Å². The van der Waals surface area contributed by atoms with Crippen molar-refractivity contribution in [2.24, 2.45) is 11.8 Å². The maximum Gasteiger partial charge on any atom is 0.250 e. The van der Waals surface area contributed by atoms with E-state index in [1.165, 1.54) is 4.90 Å². The van der Waals surface area contributed by atoms with Gasteiger partial charge in [-0.05, 0) is 49.1 Å². The molecular formula is C26H31N3O5. The second kappa shape index (κ2) is 8.67. The minimum absolute atomic E-state index is 0.195. The number of nitrogens with zero attached hydrogens (tertiary/aromatic N) is 1.